The van der Waals surface area contributed by atoms with Gasteiger partial charge in [-0.2, -0.15) is 0 Å². The highest BCUT2D eigenvalue weighted by molar-refractivity contribution is 8.00. The lowest BCUT2D eigenvalue weighted by atomic mass is 10.1. The van der Waals surface area contributed by atoms with Gasteiger partial charge in [0.05, 0.1) is 26.6 Å². The predicted octanol–water partition coefficient (Wildman–Crippen LogP) is 5.87. The number of nitrogens with one attached hydrogen (secondary N) is 2. The zero-order valence-electron chi connectivity index (χ0n) is 20.1. The maximum absolute atomic E-state index is 12.8. The van der Waals surface area contributed by atoms with Crippen LogP contribution in [0.4, 0.5) is 11.4 Å². The Kier molecular flexibility index (Phi) is 9.86. The highest BCUT2D eigenvalue weighted by Gasteiger charge is 2.18. The number of carbonyl (C=O) groups is 2. The highest BCUT2D eigenvalue weighted by atomic mass is 32.2. The maximum atomic E-state index is 12.8. The quantitative estimate of drug-likeness (QED) is 0.242. The summed E-state index contributed by atoms with van der Waals surface area (Å²) in [7, 11) is 3.01. The zero-order valence-corrected chi connectivity index (χ0v) is 20.9. The van der Waals surface area contributed by atoms with Gasteiger partial charge in [0.2, 0.25) is 5.91 Å². The van der Waals surface area contributed by atoms with Gasteiger partial charge in [0.1, 0.15) is 22.8 Å². The van der Waals surface area contributed by atoms with E-state index in [0.717, 1.165) is 29.2 Å². The fourth-order valence-corrected chi connectivity index (χ4v) is 3.92. The van der Waals surface area contributed by atoms with Crippen molar-refractivity contribution in [2.75, 3.05) is 37.2 Å². The number of benzene rings is 3. The van der Waals surface area contributed by atoms with E-state index in [4.69, 9.17) is 14.2 Å². The third-order valence-electron chi connectivity index (χ3n) is 5.04. The van der Waals surface area contributed by atoms with E-state index < -0.39 is 0 Å². The van der Waals surface area contributed by atoms with Gasteiger partial charge >= 0.3 is 0 Å². The molecule has 0 saturated heterocycles. The lowest BCUT2D eigenvalue weighted by Gasteiger charge is -2.13. The van der Waals surface area contributed by atoms with E-state index in [2.05, 4.69) is 17.6 Å². The molecule has 0 radical (unpaired) electrons. The van der Waals surface area contributed by atoms with Crippen molar-refractivity contribution < 1.29 is 23.8 Å². The van der Waals surface area contributed by atoms with Crippen molar-refractivity contribution >= 4 is 35.0 Å². The monoisotopic (exact) mass is 494 g/mol. The van der Waals surface area contributed by atoms with E-state index in [1.54, 1.807) is 30.3 Å². The summed E-state index contributed by atoms with van der Waals surface area (Å²) in [6.45, 7) is 2.81. The molecule has 8 heteroatoms. The Hall–Kier alpha value is -3.65. The van der Waals surface area contributed by atoms with Crippen molar-refractivity contribution in [3.8, 4) is 17.2 Å². The van der Waals surface area contributed by atoms with Gasteiger partial charge in [-0.15, -0.1) is 11.8 Å². The third-order valence-corrected chi connectivity index (χ3v) is 6.05. The van der Waals surface area contributed by atoms with E-state index in [9.17, 15) is 9.59 Å². The second-order valence-electron chi connectivity index (χ2n) is 7.58. The summed E-state index contributed by atoms with van der Waals surface area (Å²) >= 11 is 1.41. The first-order valence-corrected chi connectivity index (χ1v) is 12.3. The van der Waals surface area contributed by atoms with Crippen LogP contribution in [0.15, 0.2) is 71.6 Å². The number of carbonyl (C=O) groups excluding carboxylic acids is 2. The third kappa shape index (κ3) is 7.68. The first kappa shape index (κ1) is 26.0. The van der Waals surface area contributed by atoms with Gasteiger partial charge < -0.3 is 24.8 Å². The molecule has 7 nitrogen and oxygen atoms in total. The SMILES string of the molecule is CCCCOc1ccc(NC(=O)CSc2ccc(NC(=O)c3c(OC)cccc3OC)cc2)cc1. The van der Waals surface area contributed by atoms with Crippen molar-refractivity contribution in [2.45, 2.75) is 24.7 Å². The fourth-order valence-electron chi connectivity index (χ4n) is 3.22. The van der Waals surface area contributed by atoms with Gasteiger partial charge in [-0.1, -0.05) is 19.4 Å². The summed E-state index contributed by atoms with van der Waals surface area (Å²) in [4.78, 5) is 26.0. The normalized spacial score (nSPS) is 10.4. The van der Waals surface area contributed by atoms with E-state index in [0.29, 0.717) is 29.4 Å². The lowest BCUT2D eigenvalue weighted by Crippen LogP contribution is -2.14. The van der Waals surface area contributed by atoms with E-state index >= 15 is 0 Å². The minimum Gasteiger partial charge on any atom is -0.496 e. The summed E-state index contributed by atoms with van der Waals surface area (Å²) in [5.74, 6) is 1.48. The molecule has 3 aromatic rings. The number of unbranched alkanes of at least 4 members (excludes halogenated alkanes) is 1. The van der Waals surface area contributed by atoms with Crippen molar-refractivity contribution in [1.82, 2.24) is 0 Å². The molecular weight excluding hydrogens is 464 g/mol. The molecule has 184 valence electrons. The number of anilines is 2. The van der Waals surface area contributed by atoms with Crippen LogP contribution in [0.5, 0.6) is 17.2 Å². The molecule has 0 aliphatic carbocycles. The van der Waals surface area contributed by atoms with Gasteiger partial charge in [0.15, 0.2) is 0 Å². The van der Waals surface area contributed by atoms with Crippen molar-refractivity contribution in [3.63, 3.8) is 0 Å². The fraction of sp³-hybridized carbons (Fsp3) is 0.259. The zero-order chi connectivity index (χ0) is 25.0. The molecule has 0 aliphatic rings. The van der Waals surface area contributed by atoms with Crippen LogP contribution in [0.25, 0.3) is 0 Å². The summed E-state index contributed by atoms with van der Waals surface area (Å²) in [5, 5.41) is 5.74. The number of thioether (sulfide) groups is 1. The number of hydrogen-bond donors (Lipinski definition) is 2. The molecule has 0 unspecified atom stereocenters. The first-order valence-electron chi connectivity index (χ1n) is 11.3. The van der Waals surface area contributed by atoms with Crippen molar-refractivity contribution in [3.05, 3.63) is 72.3 Å². The molecular formula is C27H30N2O5S. The number of rotatable bonds is 12. The van der Waals surface area contributed by atoms with Crippen molar-refractivity contribution in [1.29, 1.82) is 0 Å². The maximum Gasteiger partial charge on any atom is 0.263 e. The van der Waals surface area contributed by atoms with Gasteiger partial charge in [0.25, 0.3) is 5.91 Å². The number of ether oxygens (including phenoxy) is 3. The minimum atomic E-state index is -0.333. The molecule has 35 heavy (non-hydrogen) atoms. The molecule has 0 saturated carbocycles. The molecule has 0 atom stereocenters. The Labute approximate surface area is 210 Å². The van der Waals surface area contributed by atoms with Crippen LogP contribution >= 0.6 is 11.8 Å². The number of methoxy groups -OCH3 is 2. The van der Waals surface area contributed by atoms with Crippen LogP contribution in [-0.4, -0.2) is 38.4 Å². The van der Waals surface area contributed by atoms with Gasteiger partial charge in [0, 0.05) is 16.3 Å². The predicted molar refractivity (Wildman–Crippen MR) is 140 cm³/mol. The Morgan fingerprint density at radius 3 is 2.03 bits per heavy atom. The summed E-state index contributed by atoms with van der Waals surface area (Å²) in [5.41, 5.74) is 1.68. The Morgan fingerprint density at radius 2 is 1.43 bits per heavy atom. The van der Waals surface area contributed by atoms with Crippen LogP contribution in [0.2, 0.25) is 0 Å². The molecule has 3 aromatic carbocycles. The molecule has 0 aliphatic heterocycles. The Bertz CT molecular complexity index is 1100. The average molecular weight is 495 g/mol. The Balaban J connectivity index is 1.50. The average Bonchev–Trinajstić information content (AvgIpc) is 2.88. The van der Waals surface area contributed by atoms with E-state index in [1.165, 1.54) is 26.0 Å². The van der Waals surface area contributed by atoms with Gasteiger partial charge in [-0.05, 0) is 67.1 Å². The van der Waals surface area contributed by atoms with Crippen LogP contribution in [0, 0.1) is 0 Å². The minimum absolute atomic E-state index is 0.102. The van der Waals surface area contributed by atoms with Gasteiger partial charge in [-0.3, -0.25) is 9.59 Å². The molecule has 0 bridgehead atoms. The molecule has 3 rings (SSSR count). The number of amides is 2. The smallest absolute Gasteiger partial charge is 0.263 e. The topological polar surface area (TPSA) is 85.9 Å². The molecule has 0 spiro atoms. The molecule has 2 N–H and O–H groups in total. The number of hydrogen-bond acceptors (Lipinski definition) is 6. The summed E-state index contributed by atoms with van der Waals surface area (Å²) in [6.07, 6.45) is 2.10. The van der Waals surface area contributed by atoms with Crippen molar-refractivity contribution in [2.24, 2.45) is 0 Å². The molecule has 0 heterocycles. The molecule has 2 amide bonds. The highest BCUT2D eigenvalue weighted by Crippen LogP contribution is 2.29. The molecule has 0 fully saturated rings. The lowest BCUT2D eigenvalue weighted by molar-refractivity contribution is -0.113. The van der Waals surface area contributed by atoms with E-state index in [1.807, 2.05) is 36.4 Å². The van der Waals surface area contributed by atoms with Crippen LogP contribution in [0.3, 0.4) is 0 Å². The largest absolute Gasteiger partial charge is 0.496 e. The Morgan fingerprint density at radius 1 is 0.829 bits per heavy atom. The summed E-state index contributed by atoms with van der Waals surface area (Å²) in [6, 6.07) is 19.8. The second kappa shape index (κ2) is 13.3. The molecule has 0 aromatic heterocycles. The standard InChI is InChI=1S/C27H30N2O5S/c1-4-5-17-34-21-13-9-19(10-14-21)28-25(30)18-35-22-15-11-20(12-16-22)29-27(31)26-23(32-2)7-6-8-24(26)33-3/h6-16H,4-5,17-18H2,1-3H3,(H,28,30)(H,29,31). The van der Waals surface area contributed by atoms with Crippen LogP contribution < -0.4 is 24.8 Å². The second-order valence-corrected chi connectivity index (χ2v) is 8.63. The van der Waals surface area contributed by atoms with Crippen LogP contribution in [-0.2, 0) is 4.79 Å². The van der Waals surface area contributed by atoms with Gasteiger partial charge in [-0.25, -0.2) is 0 Å². The van der Waals surface area contributed by atoms with E-state index in [-0.39, 0.29) is 17.6 Å². The first-order chi connectivity index (χ1) is 17.0. The van der Waals surface area contributed by atoms with Crippen LogP contribution in [0.1, 0.15) is 30.1 Å². The summed E-state index contributed by atoms with van der Waals surface area (Å²) < 4.78 is 16.2.